The van der Waals surface area contributed by atoms with Crippen LogP contribution in [0.2, 0.25) is 0 Å². The number of rotatable bonds is 4. The van der Waals surface area contributed by atoms with Crippen molar-refractivity contribution in [2.75, 3.05) is 26.2 Å². The number of aliphatic carboxylic acids is 1. The first-order valence-electron chi connectivity index (χ1n) is 6.17. The summed E-state index contributed by atoms with van der Waals surface area (Å²) in [5, 5.41) is 12.9. The molecule has 0 radical (unpaired) electrons. The predicted molar refractivity (Wildman–Crippen MR) is 65.2 cm³/mol. The maximum atomic E-state index is 10.9. The first-order valence-corrected chi connectivity index (χ1v) is 6.17. The molecular formula is C12H19N3O3. The van der Waals surface area contributed by atoms with E-state index in [0.717, 1.165) is 44.2 Å². The smallest absolute Gasteiger partial charge is 0.320 e. The first-order chi connectivity index (χ1) is 8.56. The molecule has 0 bridgehead atoms. The molecule has 1 aromatic rings. The third kappa shape index (κ3) is 3.08. The van der Waals surface area contributed by atoms with Gasteiger partial charge < -0.3 is 9.63 Å². The molecule has 1 aromatic heterocycles. The van der Waals surface area contributed by atoms with E-state index in [2.05, 4.69) is 10.1 Å². The van der Waals surface area contributed by atoms with Crippen LogP contribution >= 0.6 is 0 Å². The molecule has 0 saturated carbocycles. The van der Waals surface area contributed by atoms with Crippen LogP contribution in [-0.2, 0) is 11.3 Å². The quantitative estimate of drug-likeness (QED) is 0.846. The van der Waals surface area contributed by atoms with Crippen LogP contribution in [0.15, 0.2) is 10.6 Å². The average molecular weight is 253 g/mol. The minimum absolute atomic E-state index is 0.401. The highest BCUT2D eigenvalue weighted by atomic mass is 16.5. The molecule has 6 heteroatoms. The van der Waals surface area contributed by atoms with Gasteiger partial charge in [0, 0.05) is 38.8 Å². The van der Waals surface area contributed by atoms with Crippen molar-refractivity contribution in [2.24, 2.45) is 0 Å². The summed E-state index contributed by atoms with van der Waals surface area (Å²) in [7, 11) is 0. The third-order valence-corrected chi connectivity index (χ3v) is 3.37. The fourth-order valence-corrected chi connectivity index (χ4v) is 2.19. The summed E-state index contributed by atoms with van der Waals surface area (Å²) in [5.74, 6) is 0.0683. The Balaban J connectivity index is 1.81. The maximum Gasteiger partial charge on any atom is 0.320 e. The molecule has 1 N–H and O–H groups in total. The lowest BCUT2D eigenvalue weighted by atomic mass is 10.2. The molecule has 0 aromatic carbocycles. The van der Waals surface area contributed by atoms with E-state index >= 15 is 0 Å². The zero-order valence-electron chi connectivity index (χ0n) is 10.8. The lowest BCUT2D eigenvalue weighted by molar-refractivity contribution is -0.143. The number of carboxylic acid groups (broad SMARTS) is 1. The second-order valence-corrected chi connectivity index (χ2v) is 4.76. The Morgan fingerprint density at radius 3 is 2.67 bits per heavy atom. The van der Waals surface area contributed by atoms with Gasteiger partial charge in [0.25, 0.3) is 0 Å². The molecule has 1 aliphatic heterocycles. The molecule has 18 heavy (non-hydrogen) atoms. The Morgan fingerprint density at radius 1 is 1.50 bits per heavy atom. The maximum absolute atomic E-state index is 10.9. The van der Waals surface area contributed by atoms with E-state index < -0.39 is 12.0 Å². The number of hydrogen-bond acceptors (Lipinski definition) is 5. The molecule has 0 aliphatic carbocycles. The zero-order chi connectivity index (χ0) is 13.1. The van der Waals surface area contributed by atoms with Crippen molar-refractivity contribution in [3.05, 3.63) is 17.5 Å². The van der Waals surface area contributed by atoms with Gasteiger partial charge in [-0.25, -0.2) is 0 Å². The number of carbonyl (C=O) groups is 1. The fraction of sp³-hybridized carbons (Fsp3) is 0.667. The highest BCUT2D eigenvalue weighted by Gasteiger charge is 2.25. The number of nitrogens with zero attached hydrogens (tertiary/aromatic N) is 3. The number of aryl methyl sites for hydroxylation is 1. The van der Waals surface area contributed by atoms with Gasteiger partial charge in [0.1, 0.15) is 11.8 Å². The van der Waals surface area contributed by atoms with Crippen molar-refractivity contribution in [3.8, 4) is 0 Å². The second kappa shape index (κ2) is 5.49. The zero-order valence-corrected chi connectivity index (χ0v) is 10.8. The lowest BCUT2D eigenvalue weighted by Crippen LogP contribution is -2.51. The van der Waals surface area contributed by atoms with Gasteiger partial charge in [0.15, 0.2) is 0 Å². The summed E-state index contributed by atoms with van der Waals surface area (Å²) < 4.78 is 5.03. The summed E-state index contributed by atoms with van der Waals surface area (Å²) in [6.45, 7) is 7.68. The first kappa shape index (κ1) is 13.0. The van der Waals surface area contributed by atoms with Crippen LogP contribution in [0.5, 0.6) is 0 Å². The summed E-state index contributed by atoms with van der Waals surface area (Å²) in [4.78, 5) is 15.2. The Kier molecular flexibility index (Phi) is 3.98. The Hall–Kier alpha value is -1.40. The average Bonchev–Trinajstić information content (AvgIpc) is 2.75. The van der Waals surface area contributed by atoms with Crippen LogP contribution in [0.3, 0.4) is 0 Å². The molecule has 100 valence electrons. The van der Waals surface area contributed by atoms with Gasteiger partial charge in [0.2, 0.25) is 0 Å². The van der Waals surface area contributed by atoms with Crippen molar-refractivity contribution < 1.29 is 14.4 Å². The predicted octanol–water partition coefficient (Wildman–Crippen LogP) is 0.574. The highest BCUT2D eigenvalue weighted by Crippen LogP contribution is 2.10. The summed E-state index contributed by atoms with van der Waals surface area (Å²) in [6.07, 6.45) is 0. The molecule has 0 amide bonds. The lowest BCUT2D eigenvalue weighted by Gasteiger charge is -2.36. The van der Waals surface area contributed by atoms with E-state index in [0.29, 0.717) is 0 Å². The van der Waals surface area contributed by atoms with Gasteiger partial charge in [-0.05, 0) is 13.8 Å². The largest absolute Gasteiger partial charge is 0.480 e. The van der Waals surface area contributed by atoms with Gasteiger partial charge >= 0.3 is 5.97 Å². The summed E-state index contributed by atoms with van der Waals surface area (Å²) in [5.41, 5.74) is 0.937. The molecule has 6 nitrogen and oxygen atoms in total. The van der Waals surface area contributed by atoms with Crippen molar-refractivity contribution in [1.29, 1.82) is 0 Å². The van der Waals surface area contributed by atoms with E-state index in [9.17, 15) is 4.79 Å². The molecule has 1 saturated heterocycles. The molecule has 1 atom stereocenters. The van der Waals surface area contributed by atoms with E-state index in [1.165, 1.54) is 0 Å². The highest BCUT2D eigenvalue weighted by molar-refractivity contribution is 5.72. The Morgan fingerprint density at radius 2 is 2.17 bits per heavy atom. The molecule has 1 unspecified atom stereocenters. The van der Waals surface area contributed by atoms with Crippen molar-refractivity contribution >= 4 is 5.97 Å². The van der Waals surface area contributed by atoms with E-state index in [-0.39, 0.29) is 0 Å². The second-order valence-electron chi connectivity index (χ2n) is 4.76. The molecular weight excluding hydrogens is 234 g/mol. The molecule has 1 fully saturated rings. The van der Waals surface area contributed by atoms with Crippen LogP contribution in [-0.4, -0.2) is 58.3 Å². The molecule has 0 spiro atoms. The van der Waals surface area contributed by atoms with Gasteiger partial charge in [0.05, 0.1) is 5.69 Å². The fourth-order valence-electron chi connectivity index (χ4n) is 2.19. The number of aromatic nitrogens is 1. The number of hydrogen-bond donors (Lipinski definition) is 1. The topological polar surface area (TPSA) is 69.8 Å². The van der Waals surface area contributed by atoms with Crippen LogP contribution in [0.1, 0.15) is 18.4 Å². The van der Waals surface area contributed by atoms with Gasteiger partial charge in [-0.15, -0.1) is 0 Å². The van der Waals surface area contributed by atoms with Crippen molar-refractivity contribution in [3.63, 3.8) is 0 Å². The Bertz CT molecular complexity index is 410. The van der Waals surface area contributed by atoms with Gasteiger partial charge in [-0.1, -0.05) is 5.16 Å². The van der Waals surface area contributed by atoms with Crippen molar-refractivity contribution in [1.82, 2.24) is 15.0 Å². The Labute approximate surface area is 106 Å². The van der Waals surface area contributed by atoms with E-state index in [1.54, 1.807) is 6.92 Å². The normalized spacial score (nSPS) is 19.9. The molecule has 2 heterocycles. The van der Waals surface area contributed by atoms with E-state index in [1.807, 2.05) is 17.9 Å². The van der Waals surface area contributed by atoms with Crippen molar-refractivity contribution in [2.45, 2.75) is 26.4 Å². The molecule has 2 rings (SSSR count). The van der Waals surface area contributed by atoms with Gasteiger partial charge in [-0.2, -0.15) is 0 Å². The minimum Gasteiger partial charge on any atom is -0.480 e. The van der Waals surface area contributed by atoms with Gasteiger partial charge in [-0.3, -0.25) is 14.6 Å². The SMILES string of the molecule is Cc1cc(CN2CCN(C(C)C(=O)O)CC2)no1. The number of piperazine rings is 1. The standard InChI is InChI=1S/C12H19N3O3/c1-9-7-11(13-18-9)8-14-3-5-15(6-4-14)10(2)12(16)17/h7,10H,3-6,8H2,1-2H3,(H,16,17). The summed E-state index contributed by atoms with van der Waals surface area (Å²) in [6, 6.07) is 1.54. The number of carboxylic acids is 1. The summed E-state index contributed by atoms with van der Waals surface area (Å²) >= 11 is 0. The van der Waals surface area contributed by atoms with Crippen LogP contribution in [0.25, 0.3) is 0 Å². The molecule has 1 aliphatic rings. The minimum atomic E-state index is -0.754. The van der Waals surface area contributed by atoms with Crippen LogP contribution in [0, 0.1) is 6.92 Å². The van der Waals surface area contributed by atoms with Crippen LogP contribution in [0.4, 0.5) is 0 Å². The van der Waals surface area contributed by atoms with E-state index in [4.69, 9.17) is 9.63 Å². The monoisotopic (exact) mass is 253 g/mol. The van der Waals surface area contributed by atoms with Crippen LogP contribution < -0.4 is 0 Å². The third-order valence-electron chi connectivity index (χ3n) is 3.37.